The van der Waals surface area contributed by atoms with E-state index in [0.29, 0.717) is 0 Å². The van der Waals surface area contributed by atoms with Crippen molar-refractivity contribution in [2.75, 3.05) is 12.4 Å². The van der Waals surface area contributed by atoms with Crippen molar-refractivity contribution in [3.8, 4) is 0 Å². The van der Waals surface area contributed by atoms with Crippen molar-refractivity contribution in [2.24, 2.45) is 5.92 Å². The molecule has 1 atom stereocenters. The summed E-state index contributed by atoms with van der Waals surface area (Å²) < 4.78 is 17.9. The number of carboxylic acid groups (broad SMARTS) is 1. The molecule has 0 aromatic heterocycles. The second-order valence-electron chi connectivity index (χ2n) is 4.42. The number of anilines is 1. The number of halogens is 1. The number of aromatic carboxylic acids is 1. The van der Waals surface area contributed by atoms with Gasteiger partial charge >= 0.3 is 11.9 Å². The fraction of sp³-hybridized carbons (Fsp3) is 0.385. The van der Waals surface area contributed by atoms with Crippen molar-refractivity contribution < 1.29 is 23.8 Å². The monoisotopic (exact) mass is 269 g/mol. The predicted molar refractivity (Wildman–Crippen MR) is 67.6 cm³/mol. The number of nitrogens with one attached hydrogen (secondary N) is 1. The number of carbonyl (C=O) groups excluding carboxylic acids is 1. The molecule has 0 amide bonds. The molecule has 0 saturated heterocycles. The first-order valence-electron chi connectivity index (χ1n) is 5.73. The molecule has 0 aliphatic heterocycles. The highest BCUT2D eigenvalue weighted by atomic mass is 19.1. The third-order valence-corrected chi connectivity index (χ3v) is 2.59. The highest BCUT2D eigenvalue weighted by Gasteiger charge is 2.23. The normalized spacial score (nSPS) is 12.1. The van der Waals surface area contributed by atoms with Gasteiger partial charge in [-0.15, -0.1) is 0 Å². The average molecular weight is 269 g/mol. The van der Waals surface area contributed by atoms with Crippen molar-refractivity contribution in [2.45, 2.75) is 19.9 Å². The minimum atomic E-state index is -1.23. The van der Waals surface area contributed by atoms with Gasteiger partial charge in [0.15, 0.2) is 0 Å². The first kappa shape index (κ1) is 14.9. The van der Waals surface area contributed by atoms with E-state index in [-0.39, 0.29) is 17.2 Å². The highest BCUT2D eigenvalue weighted by molar-refractivity contribution is 5.89. The van der Waals surface area contributed by atoms with E-state index in [4.69, 9.17) is 5.11 Å². The molecule has 0 radical (unpaired) electrons. The lowest BCUT2D eigenvalue weighted by atomic mass is 10.0. The van der Waals surface area contributed by atoms with Crippen LogP contribution in [0.15, 0.2) is 18.2 Å². The third-order valence-electron chi connectivity index (χ3n) is 2.59. The van der Waals surface area contributed by atoms with E-state index in [9.17, 15) is 14.0 Å². The summed E-state index contributed by atoms with van der Waals surface area (Å²) in [5.41, 5.74) is 0.0383. The maximum Gasteiger partial charge on any atom is 0.335 e. The number of carbonyl (C=O) groups is 2. The summed E-state index contributed by atoms with van der Waals surface area (Å²) in [6.45, 7) is 3.60. The van der Waals surface area contributed by atoms with Crippen molar-refractivity contribution in [3.63, 3.8) is 0 Å². The molecule has 0 heterocycles. The summed E-state index contributed by atoms with van der Waals surface area (Å²) in [4.78, 5) is 22.4. The van der Waals surface area contributed by atoms with Crippen molar-refractivity contribution in [1.29, 1.82) is 0 Å². The Labute approximate surface area is 110 Å². The average Bonchev–Trinajstić information content (AvgIpc) is 2.34. The first-order chi connectivity index (χ1) is 8.85. The number of methoxy groups -OCH3 is 1. The summed E-state index contributed by atoms with van der Waals surface area (Å²) >= 11 is 0. The zero-order valence-electron chi connectivity index (χ0n) is 10.9. The van der Waals surface area contributed by atoms with Crippen LogP contribution in [0.5, 0.6) is 0 Å². The van der Waals surface area contributed by atoms with E-state index in [1.807, 2.05) is 0 Å². The number of rotatable bonds is 5. The number of hydrogen-bond acceptors (Lipinski definition) is 4. The lowest BCUT2D eigenvalue weighted by Crippen LogP contribution is -2.35. The highest BCUT2D eigenvalue weighted by Crippen LogP contribution is 2.18. The number of benzene rings is 1. The fourth-order valence-corrected chi connectivity index (χ4v) is 1.60. The van der Waals surface area contributed by atoms with Gasteiger partial charge in [-0.25, -0.2) is 14.0 Å². The molecule has 0 aliphatic rings. The van der Waals surface area contributed by atoms with Gasteiger partial charge in [-0.2, -0.15) is 0 Å². The van der Waals surface area contributed by atoms with Gasteiger partial charge in [0.1, 0.15) is 11.9 Å². The van der Waals surface area contributed by atoms with Gasteiger partial charge in [-0.05, 0) is 24.1 Å². The zero-order chi connectivity index (χ0) is 14.6. The Morgan fingerprint density at radius 1 is 1.32 bits per heavy atom. The second-order valence-corrected chi connectivity index (χ2v) is 4.42. The van der Waals surface area contributed by atoms with Crippen molar-refractivity contribution >= 4 is 17.6 Å². The van der Waals surface area contributed by atoms with Crippen LogP contribution < -0.4 is 5.32 Å². The molecule has 104 valence electrons. The molecule has 1 aromatic rings. The first-order valence-corrected chi connectivity index (χ1v) is 5.73. The maximum atomic E-state index is 13.3. The molecule has 19 heavy (non-hydrogen) atoms. The summed E-state index contributed by atoms with van der Waals surface area (Å²) in [7, 11) is 1.26. The summed E-state index contributed by atoms with van der Waals surface area (Å²) in [6, 6.07) is 2.64. The molecule has 0 bridgehead atoms. The molecule has 6 heteroatoms. The van der Waals surface area contributed by atoms with Crippen LogP contribution in [-0.2, 0) is 9.53 Å². The SMILES string of the molecule is COC(=O)C(Nc1cc(F)cc(C(=O)O)c1)C(C)C. The number of hydrogen-bond donors (Lipinski definition) is 2. The standard InChI is InChI=1S/C13H16FNO4/c1-7(2)11(13(18)19-3)15-10-5-8(12(16)17)4-9(14)6-10/h4-7,11,15H,1-3H3,(H,16,17). The van der Waals surface area contributed by atoms with E-state index in [0.717, 1.165) is 12.1 Å². The molecule has 5 nitrogen and oxygen atoms in total. The Morgan fingerprint density at radius 2 is 1.95 bits per heavy atom. The van der Waals surface area contributed by atoms with Crippen LogP contribution in [0, 0.1) is 11.7 Å². The van der Waals surface area contributed by atoms with E-state index in [2.05, 4.69) is 10.1 Å². The fourth-order valence-electron chi connectivity index (χ4n) is 1.60. The second kappa shape index (κ2) is 6.17. The molecule has 0 aliphatic carbocycles. The Bertz CT molecular complexity index is 488. The Kier molecular flexibility index (Phi) is 4.86. The molecular weight excluding hydrogens is 253 g/mol. The van der Waals surface area contributed by atoms with E-state index >= 15 is 0 Å². The summed E-state index contributed by atoms with van der Waals surface area (Å²) in [5.74, 6) is -2.50. The molecule has 1 rings (SSSR count). The Balaban J connectivity index is 3.02. The molecule has 0 spiro atoms. The smallest absolute Gasteiger partial charge is 0.335 e. The molecule has 1 unspecified atom stereocenters. The lowest BCUT2D eigenvalue weighted by Gasteiger charge is -2.21. The van der Waals surface area contributed by atoms with Crippen molar-refractivity contribution in [3.05, 3.63) is 29.6 Å². The molecule has 0 saturated carbocycles. The molecule has 1 aromatic carbocycles. The van der Waals surface area contributed by atoms with Gasteiger partial charge < -0.3 is 15.2 Å². The van der Waals surface area contributed by atoms with Gasteiger partial charge in [-0.3, -0.25) is 0 Å². The Hall–Kier alpha value is -2.11. The number of carboxylic acids is 1. The minimum Gasteiger partial charge on any atom is -0.478 e. The lowest BCUT2D eigenvalue weighted by molar-refractivity contribution is -0.142. The largest absolute Gasteiger partial charge is 0.478 e. The van der Waals surface area contributed by atoms with Gasteiger partial charge in [-0.1, -0.05) is 13.8 Å². The molecule has 0 fully saturated rings. The molecule has 2 N–H and O–H groups in total. The van der Waals surface area contributed by atoms with E-state index in [1.54, 1.807) is 13.8 Å². The van der Waals surface area contributed by atoms with Crippen LogP contribution in [0.25, 0.3) is 0 Å². The van der Waals surface area contributed by atoms with Gasteiger partial charge in [0.2, 0.25) is 0 Å². The third kappa shape index (κ3) is 3.94. The van der Waals surface area contributed by atoms with E-state index in [1.165, 1.54) is 13.2 Å². The Morgan fingerprint density at radius 3 is 2.42 bits per heavy atom. The van der Waals surface area contributed by atoms with Crippen LogP contribution in [0.3, 0.4) is 0 Å². The minimum absolute atomic E-state index is 0.0935. The molecular formula is C13H16FNO4. The summed E-state index contributed by atoms with van der Waals surface area (Å²) in [6.07, 6.45) is 0. The quantitative estimate of drug-likeness (QED) is 0.801. The van der Waals surface area contributed by atoms with Crippen molar-refractivity contribution in [1.82, 2.24) is 0 Å². The van der Waals surface area contributed by atoms with Crippen LogP contribution in [0.1, 0.15) is 24.2 Å². The topological polar surface area (TPSA) is 75.6 Å². The maximum absolute atomic E-state index is 13.3. The van der Waals surface area contributed by atoms with Gasteiger partial charge in [0.25, 0.3) is 0 Å². The van der Waals surface area contributed by atoms with Crippen LogP contribution in [-0.4, -0.2) is 30.2 Å². The number of ether oxygens (including phenoxy) is 1. The van der Waals surface area contributed by atoms with Crippen LogP contribution >= 0.6 is 0 Å². The van der Waals surface area contributed by atoms with Crippen LogP contribution in [0.4, 0.5) is 10.1 Å². The number of esters is 1. The summed E-state index contributed by atoms with van der Waals surface area (Å²) in [5, 5.41) is 11.6. The van der Waals surface area contributed by atoms with Gasteiger partial charge in [0, 0.05) is 5.69 Å². The van der Waals surface area contributed by atoms with Crippen LogP contribution in [0.2, 0.25) is 0 Å². The van der Waals surface area contributed by atoms with Gasteiger partial charge in [0.05, 0.1) is 12.7 Å². The predicted octanol–water partition coefficient (Wildman–Crippen LogP) is 2.13. The van der Waals surface area contributed by atoms with E-state index < -0.39 is 23.8 Å². The zero-order valence-corrected chi connectivity index (χ0v) is 10.9.